The number of anilines is 2. The summed E-state index contributed by atoms with van der Waals surface area (Å²) in [4.78, 5) is 12.5. The molecule has 0 radical (unpaired) electrons. The van der Waals surface area contributed by atoms with Gasteiger partial charge in [-0.15, -0.1) is 21.5 Å². The van der Waals surface area contributed by atoms with Crippen LogP contribution in [0.5, 0.6) is 0 Å². The third kappa shape index (κ3) is 3.36. The number of rotatable bonds is 5. The van der Waals surface area contributed by atoms with Crippen molar-refractivity contribution in [1.29, 1.82) is 0 Å². The van der Waals surface area contributed by atoms with E-state index < -0.39 is 0 Å². The van der Waals surface area contributed by atoms with Gasteiger partial charge in [-0.3, -0.25) is 0 Å². The zero-order chi connectivity index (χ0) is 18.1. The number of para-hydroxylation sites is 2. The van der Waals surface area contributed by atoms with Crippen LogP contribution in [0.4, 0.5) is 10.8 Å². The Morgan fingerprint density at radius 3 is 2.74 bits per heavy atom. The molecule has 8 heteroatoms. The van der Waals surface area contributed by atoms with Crippen LogP contribution in [0.25, 0.3) is 22.1 Å². The van der Waals surface area contributed by atoms with Crippen LogP contribution in [-0.2, 0) is 5.75 Å². The molecule has 3 aromatic heterocycles. The fraction of sp³-hybridized carbons (Fsp3) is 0.0526. The highest BCUT2D eigenvalue weighted by molar-refractivity contribution is 7.98. The number of nitrogens with zero attached hydrogens (tertiary/aromatic N) is 4. The minimum atomic E-state index is 0.639. The summed E-state index contributed by atoms with van der Waals surface area (Å²) >= 11 is 3.12. The summed E-state index contributed by atoms with van der Waals surface area (Å²) in [6.07, 6.45) is 0. The van der Waals surface area contributed by atoms with Crippen molar-refractivity contribution in [2.45, 2.75) is 10.9 Å². The fourth-order valence-electron chi connectivity index (χ4n) is 2.78. The number of aromatic amines is 1. The minimum absolute atomic E-state index is 0.639. The molecule has 27 heavy (non-hydrogen) atoms. The van der Waals surface area contributed by atoms with E-state index in [0.717, 1.165) is 38.6 Å². The number of H-pyrrole nitrogens is 1. The van der Waals surface area contributed by atoms with Crippen molar-refractivity contribution in [3.05, 3.63) is 65.7 Å². The molecule has 0 spiro atoms. The summed E-state index contributed by atoms with van der Waals surface area (Å²) in [6, 6.07) is 18.0. The standard InChI is InChI=1S/C19H14N6S2/c1-2-6-12(7-3-1)20-18-21-13(10-26-18)11-27-19-23-17-16(24-25-19)14-8-4-5-9-15(14)22-17/h1-10H,11H2,(H,20,21)(H,22,23,25). The molecule has 0 saturated carbocycles. The predicted octanol–water partition coefficient (Wildman–Crippen LogP) is 5.00. The Hall–Kier alpha value is -2.97. The maximum absolute atomic E-state index is 4.62. The van der Waals surface area contributed by atoms with E-state index in [4.69, 9.17) is 0 Å². The molecule has 0 aliphatic rings. The molecule has 5 aromatic rings. The molecule has 0 atom stereocenters. The van der Waals surface area contributed by atoms with Gasteiger partial charge in [0.2, 0.25) is 5.16 Å². The molecule has 132 valence electrons. The Labute approximate surface area is 163 Å². The molecule has 0 saturated heterocycles. The minimum Gasteiger partial charge on any atom is -0.338 e. The van der Waals surface area contributed by atoms with E-state index in [0.29, 0.717) is 10.9 Å². The van der Waals surface area contributed by atoms with Crippen molar-refractivity contribution in [1.82, 2.24) is 25.1 Å². The molecule has 0 bridgehead atoms. The van der Waals surface area contributed by atoms with Gasteiger partial charge in [-0.25, -0.2) is 9.97 Å². The van der Waals surface area contributed by atoms with E-state index in [1.54, 1.807) is 11.3 Å². The second kappa shape index (κ2) is 6.98. The Bertz CT molecular complexity index is 1210. The third-order valence-electron chi connectivity index (χ3n) is 4.03. The summed E-state index contributed by atoms with van der Waals surface area (Å²) in [5.41, 5.74) is 4.61. The molecule has 0 fully saturated rings. The van der Waals surface area contributed by atoms with Crippen molar-refractivity contribution >= 4 is 56.0 Å². The van der Waals surface area contributed by atoms with Gasteiger partial charge in [0.25, 0.3) is 0 Å². The summed E-state index contributed by atoms with van der Waals surface area (Å²) in [6.45, 7) is 0. The molecule has 2 N–H and O–H groups in total. The molecular weight excluding hydrogens is 376 g/mol. The highest BCUT2D eigenvalue weighted by Gasteiger charge is 2.10. The summed E-state index contributed by atoms with van der Waals surface area (Å²) in [5, 5.41) is 16.5. The Morgan fingerprint density at radius 1 is 0.963 bits per heavy atom. The van der Waals surface area contributed by atoms with Gasteiger partial charge in [0.05, 0.1) is 5.69 Å². The van der Waals surface area contributed by atoms with E-state index in [-0.39, 0.29) is 0 Å². The first kappa shape index (κ1) is 16.2. The molecule has 0 aliphatic heterocycles. The van der Waals surface area contributed by atoms with Gasteiger partial charge in [0.15, 0.2) is 10.8 Å². The van der Waals surface area contributed by atoms with Gasteiger partial charge < -0.3 is 10.3 Å². The van der Waals surface area contributed by atoms with Gasteiger partial charge in [-0.2, -0.15) is 0 Å². The van der Waals surface area contributed by atoms with Gasteiger partial charge in [0.1, 0.15) is 5.52 Å². The average Bonchev–Trinajstić information content (AvgIpc) is 3.30. The maximum atomic E-state index is 4.62. The monoisotopic (exact) mass is 390 g/mol. The number of thiazole rings is 1. The lowest BCUT2D eigenvalue weighted by atomic mass is 10.2. The second-order valence-corrected chi connectivity index (χ2v) is 7.69. The molecule has 0 unspecified atom stereocenters. The van der Waals surface area contributed by atoms with E-state index >= 15 is 0 Å². The maximum Gasteiger partial charge on any atom is 0.211 e. The Kier molecular flexibility index (Phi) is 4.19. The number of aromatic nitrogens is 5. The second-order valence-electron chi connectivity index (χ2n) is 5.89. The molecule has 2 aromatic carbocycles. The van der Waals surface area contributed by atoms with E-state index in [1.807, 2.05) is 60.0 Å². The number of hydrogen-bond acceptors (Lipinski definition) is 7. The SMILES string of the molecule is c1ccc(Nc2nc(CSc3nnc4c(n3)[nH]c3ccccc34)cs2)cc1. The van der Waals surface area contributed by atoms with Crippen LogP contribution in [0, 0.1) is 0 Å². The first-order chi connectivity index (χ1) is 13.3. The zero-order valence-corrected chi connectivity index (χ0v) is 15.7. The average molecular weight is 390 g/mol. The van der Waals surface area contributed by atoms with Gasteiger partial charge >= 0.3 is 0 Å². The summed E-state index contributed by atoms with van der Waals surface area (Å²) in [5.74, 6) is 0.695. The Morgan fingerprint density at radius 2 is 1.81 bits per heavy atom. The van der Waals surface area contributed by atoms with E-state index in [2.05, 4.69) is 30.5 Å². The quantitative estimate of drug-likeness (QED) is 0.411. The molecule has 3 heterocycles. The first-order valence-electron chi connectivity index (χ1n) is 8.35. The lowest BCUT2D eigenvalue weighted by molar-refractivity contribution is 0.877. The zero-order valence-electron chi connectivity index (χ0n) is 14.1. The predicted molar refractivity (Wildman–Crippen MR) is 111 cm³/mol. The van der Waals surface area contributed by atoms with Crippen molar-refractivity contribution in [3.8, 4) is 0 Å². The van der Waals surface area contributed by atoms with Crippen LogP contribution in [-0.4, -0.2) is 25.1 Å². The lowest BCUT2D eigenvalue weighted by Gasteiger charge is -2.00. The van der Waals surface area contributed by atoms with Crippen LogP contribution < -0.4 is 5.32 Å². The van der Waals surface area contributed by atoms with Gasteiger partial charge in [0, 0.05) is 27.7 Å². The molecule has 5 rings (SSSR count). The van der Waals surface area contributed by atoms with Crippen molar-refractivity contribution in [2.24, 2.45) is 0 Å². The molecule has 6 nitrogen and oxygen atoms in total. The van der Waals surface area contributed by atoms with Crippen LogP contribution in [0.2, 0.25) is 0 Å². The van der Waals surface area contributed by atoms with Crippen molar-refractivity contribution < 1.29 is 0 Å². The molecular formula is C19H14N6S2. The normalized spacial score (nSPS) is 11.3. The lowest BCUT2D eigenvalue weighted by Crippen LogP contribution is -1.93. The Balaban J connectivity index is 1.30. The number of nitrogens with one attached hydrogen (secondary N) is 2. The van der Waals surface area contributed by atoms with Gasteiger partial charge in [-0.05, 0) is 18.2 Å². The van der Waals surface area contributed by atoms with E-state index in [1.165, 1.54) is 11.8 Å². The van der Waals surface area contributed by atoms with E-state index in [9.17, 15) is 0 Å². The smallest absolute Gasteiger partial charge is 0.211 e. The first-order valence-corrected chi connectivity index (χ1v) is 10.2. The highest BCUT2D eigenvalue weighted by atomic mass is 32.2. The van der Waals surface area contributed by atoms with Crippen molar-refractivity contribution in [3.63, 3.8) is 0 Å². The van der Waals surface area contributed by atoms with Crippen LogP contribution >= 0.6 is 23.1 Å². The van der Waals surface area contributed by atoms with Gasteiger partial charge in [-0.1, -0.05) is 48.2 Å². The number of benzene rings is 2. The largest absolute Gasteiger partial charge is 0.338 e. The third-order valence-corrected chi connectivity index (χ3v) is 5.71. The summed E-state index contributed by atoms with van der Waals surface area (Å²) < 4.78 is 0. The van der Waals surface area contributed by atoms with Crippen molar-refractivity contribution in [2.75, 3.05) is 5.32 Å². The fourth-order valence-corrected chi connectivity index (χ4v) is 4.30. The molecule has 0 aliphatic carbocycles. The van der Waals surface area contributed by atoms with Crippen LogP contribution in [0.3, 0.4) is 0 Å². The highest BCUT2D eigenvalue weighted by Crippen LogP contribution is 2.27. The number of fused-ring (bicyclic) bond motifs is 3. The number of hydrogen-bond donors (Lipinski definition) is 2. The van der Waals surface area contributed by atoms with Crippen LogP contribution in [0.1, 0.15) is 5.69 Å². The topological polar surface area (TPSA) is 79.4 Å². The van der Waals surface area contributed by atoms with Crippen LogP contribution in [0.15, 0.2) is 65.1 Å². The summed E-state index contributed by atoms with van der Waals surface area (Å²) in [7, 11) is 0. The number of thioether (sulfide) groups is 1. The molecule has 0 amide bonds.